The Morgan fingerprint density at radius 1 is 1.00 bits per heavy atom. The lowest BCUT2D eigenvalue weighted by Crippen LogP contribution is -2.41. The van der Waals surface area contributed by atoms with Gasteiger partial charge in [0.25, 0.3) is 0 Å². The Hall–Kier alpha value is -2.64. The van der Waals surface area contributed by atoms with Crippen LogP contribution >= 0.6 is 11.3 Å². The van der Waals surface area contributed by atoms with Gasteiger partial charge in [0.05, 0.1) is 4.90 Å². The quantitative estimate of drug-likeness (QED) is 0.464. The smallest absolute Gasteiger partial charge is 0.408 e. The van der Waals surface area contributed by atoms with Gasteiger partial charge in [-0.2, -0.15) is 0 Å². The van der Waals surface area contributed by atoms with E-state index in [9.17, 15) is 13.2 Å². The summed E-state index contributed by atoms with van der Waals surface area (Å²) in [6.45, 7) is 11.2. The van der Waals surface area contributed by atoms with Crippen molar-refractivity contribution in [3.8, 4) is 11.1 Å². The second-order valence-corrected chi connectivity index (χ2v) is 12.0. The number of alkyl carbamates (subject to hydrolysis) is 1. The van der Waals surface area contributed by atoms with Gasteiger partial charge in [-0.05, 0) is 70.4 Å². The fourth-order valence-electron chi connectivity index (χ4n) is 3.50. The molecule has 0 bridgehead atoms. The Morgan fingerprint density at radius 2 is 1.59 bits per heavy atom. The Labute approximate surface area is 194 Å². The Bertz CT molecular complexity index is 1220. The first-order valence-corrected chi connectivity index (χ1v) is 12.7. The van der Waals surface area contributed by atoms with Crippen molar-refractivity contribution in [3.63, 3.8) is 0 Å². The van der Waals surface area contributed by atoms with E-state index in [4.69, 9.17) is 4.74 Å². The van der Waals surface area contributed by atoms with Crippen LogP contribution in [0.25, 0.3) is 11.1 Å². The topological polar surface area (TPSA) is 72.5 Å². The van der Waals surface area contributed by atoms with E-state index in [2.05, 4.69) is 5.32 Å². The van der Waals surface area contributed by atoms with E-state index in [1.807, 2.05) is 58.9 Å². The van der Waals surface area contributed by atoms with Gasteiger partial charge in [-0.3, -0.25) is 0 Å². The molecule has 1 heterocycles. The maximum atomic E-state index is 13.6. The molecule has 3 rings (SSSR count). The SMILES string of the molecule is Cc1ccccc1-c1c(S(=O)(=O)c2ccccc2)sc(C(C)OC(=O)NC(C)(C)C)c1C. The van der Waals surface area contributed by atoms with Crippen molar-refractivity contribution in [1.82, 2.24) is 5.32 Å². The molecule has 0 spiro atoms. The van der Waals surface area contributed by atoms with E-state index in [1.54, 1.807) is 37.3 Å². The summed E-state index contributed by atoms with van der Waals surface area (Å²) in [5, 5.41) is 2.78. The van der Waals surface area contributed by atoms with Gasteiger partial charge in [-0.1, -0.05) is 42.5 Å². The van der Waals surface area contributed by atoms with Crippen LogP contribution < -0.4 is 5.32 Å². The van der Waals surface area contributed by atoms with Crippen LogP contribution in [0.1, 0.15) is 49.8 Å². The van der Waals surface area contributed by atoms with Crippen LogP contribution in [0, 0.1) is 13.8 Å². The van der Waals surface area contributed by atoms with Crippen LogP contribution in [0.2, 0.25) is 0 Å². The van der Waals surface area contributed by atoms with Gasteiger partial charge in [0.2, 0.25) is 9.84 Å². The van der Waals surface area contributed by atoms with E-state index in [1.165, 1.54) is 11.3 Å². The van der Waals surface area contributed by atoms with E-state index >= 15 is 0 Å². The highest BCUT2D eigenvalue weighted by Gasteiger charge is 2.31. The number of sulfone groups is 1. The second-order valence-electron chi connectivity index (χ2n) is 8.81. The first-order chi connectivity index (χ1) is 14.9. The van der Waals surface area contributed by atoms with Gasteiger partial charge >= 0.3 is 6.09 Å². The molecular weight excluding hydrogens is 442 g/mol. The summed E-state index contributed by atoms with van der Waals surface area (Å²) in [6.07, 6.45) is -1.15. The molecule has 1 unspecified atom stereocenters. The third-order valence-corrected chi connectivity index (χ3v) is 8.73. The molecule has 1 atom stereocenters. The first kappa shape index (κ1) is 24.0. The lowest BCUT2D eigenvalue weighted by atomic mass is 9.98. The molecule has 0 aliphatic heterocycles. The summed E-state index contributed by atoms with van der Waals surface area (Å²) in [7, 11) is -3.76. The highest BCUT2D eigenvalue weighted by atomic mass is 32.2. The molecule has 0 aliphatic carbocycles. The van der Waals surface area contributed by atoms with Gasteiger partial charge in [-0.15, -0.1) is 11.3 Å². The number of benzene rings is 2. The fourth-order valence-corrected chi connectivity index (χ4v) is 6.79. The summed E-state index contributed by atoms with van der Waals surface area (Å²) < 4.78 is 33.1. The van der Waals surface area contributed by atoms with Gasteiger partial charge in [0, 0.05) is 16.0 Å². The molecular formula is C25H29NO4S2. The highest BCUT2D eigenvalue weighted by molar-refractivity contribution is 7.93. The summed E-state index contributed by atoms with van der Waals surface area (Å²) in [5.41, 5.74) is 2.86. The zero-order chi connectivity index (χ0) is 23.7. The maximum absolute atomic E-state index is 13.6. The minimum absolute atomic E-state index is 0.238. The summed E-state index contributed by atoms with van der Waals surface area (Å²) in [6, 6.07) is 16.1. The van der Waals surface area contributed by atoms with Gasteiger partial charge in [0.1, 0.15) is 10.3 Å². The normalized spacial score (nSPS) is 12.9. The van der Waals surface area contributed by atoms with Crippen LogP contribution in [-0.4, -0.2) is 20.0 Å². The number of hydrogen-bond donors (Lipinski definition) is 1. The van der Waals surface area contributed by atoms with Gasteiger partial charge in [-0.25, -0.2) is 13.2 Å². The highest BCUT2D eigenvalue weighted by Crippen LogP contribution is 2.45. The standard InChI is InChI=1S/C25H29NO4S2/c1-16-12-10-11-15-20(16)21-17(2)22(18(3)30-24(27)26-25(4,5)6)31-23(21)32(28,29)19-13-8-7-9-14-19/h7-15,18H,1-6H3,(H,26,27). The number of thiophene rings is 1. The Morgan fingerprint density at radius 3 is 2.19 bits per heavy atom. The third-order valence-electron chi connectivity index (χ3n) is 4.99. The summed E-state index contributed by atoms with van der Waals surface area (Å²) in [5.74, 6) is 0. The van der Waals surface area contributed by atoms with Crippen molar-refractivity contribution in [3.05, 3.63) is 70.6 Å². The van der Waals surface area contributed by atoms with Crippen LogP contribution in [-0.2, 0) is 14.6 Å². The van der Waals surface area contributed by atoms with Crippen LogP contribution in [0.5, 0.6) is 0 Å². The largest absolute Gasteiger partial charge is 0.441 e. The van der Waals surface area contributed by atoms with E-state index in [0.29, 0.717) is 10.4 Å². The minimum Gasteiger partial charge on any atom is -0.441 e. The molecule has 7 heteroatoms. The van der Waals surface area contributed by atoms with Crippen molar-refractivity contribution in [1.29, 1.82) is 0 Å². The molecule has 1 aromatic heterocycles. The van der Waals surface area contributed by atoms with Crippen molar-refractivity contribution in [2.75, 3.05) is 0 Å². The van der Waals surface area contributed by atoms with Crippen molar-refractivity contribution in [2.24, 2.45) is 0 Å². The fraction of sp³-hybridized carbons (Fsp3) is 0.320. The number of nitrogens with one attached hydrogen (secondary N) is 1. The monoisotopic (exact) mass is 471 g/mol. The predicted molar refractivity (Wildman–Crippen MR) is 129 cm³/mol. The average Bonchev–Trinajstić information content (AvgIpc) is 3.05. The van der Waals surface area contributed by atoms with E-state index in [0.717, 1.165) is 16.7 Å². The molecule has 1 N–H and O–H groups in total. The lowest BCUT2D eigenvalue weighted by molar-refractivity contribution is 0.101. The number of amides is 1. The summed E-state index contributed by atoms with van der Waals surface area (Å²) >= 11 is 1.17. The van der Waals surface area contributed by atoms with Crippen molar-refractivity contribution < 1.29 is 17.9 Å². The molecule has 0 saturated heterocycles. The van der Waals surface area contributed by atoms with Gasteiger partial charge < -0.3 is 10.1 Å². The maximum Gasteiger partial charge on any atom is 0.408 e. The molecule has 3 aromatic rings. The molecule has 170 valence electrons. The molecule has 0 aliphatic rings. The van der Waals surface area contributed by atoms with Crippen LogP contribution in [0.15, 0.2) is 63.7 Å². The van der Waals surface area contributed by atoms with Crippen molar-refractivity contribution in [2.45, 2.75) is 62.3 Å². The molecule has 5 nitrogen and oxygen atoms in total. The Balaban J connectivity index is 2.15. The number of hydrogen-bond acceptors (Lipinski definition) is 5. The number of ether oxygens (including phenoxy) is 1. The third kappa shape index (κ3) is 5.05. The van der Waals surface area contributed by atoms with E-state index in [-0.39, 0.29) is 9.10 Å². The zero-order valence-electron chi connectivity index (χ0n) is 19.2. The first-order valence-electron chi connectivity index (χ1n) is 10.4. The number of aryl methyl sites for hydroxylation is 1. The summed E-state index contributed by atoms with van der Waals surface area (Å²) in [4.78, 5) is 13.3. The lowest BCUT2D eigenvalue weighted by Gasteiger charge is -2.22. The Kier molecular flexibility index (Phi) is 6.81. The zero-order valence-corrected chi connectivity index (χ0v) is 20.9. The van der Waals surface area contributed by atoms with E-state index < -0.39 is 27.6 Å². The van der Waals surface area contributed by atoms with Crippen molar-refractivity contribution >= 4 is 27.3 Å². The van der Waals surface area contributed by atoms with Crippen LogP contribution in [0.4, 0.5) is 4.79 Å². The van der Waals surface area contributed by atoms with Crippen LogP contribution in [0.3, 0.4) is 0 Å². The molecule has 0 saturated carbocycles. The number of carbonyl (C=O) groups is 1. The predicted octanol–water partition coefficient (Wildman–Crippen LogP) is 6.45. The average molecular weight is 472 g/mol. The van der Waals surface area contributed by atoms with Gasteiger partial charge in [0.15, 0.2) is 0 Å². The molecule has 1 amide bonds. The molecule has 0 fully saturated rings. The minimum atomic E-state index is -3.76. The second kappa shape index (κ2) is 9.08. The number of rotatable bonds is 5. The molecule has 0 radical (unpaired) electrons. The number of carbonyl (C=O) groups excluding carboxylic acids is 1. The molecule has 32 heavy (non-hydrogen) atoms. The molecule has 2 aromatic carbocycles.